The lowest BCUT2D eigenvalue weighted by Crippen LogP contribution is -2.36. The van der Waals surface area contributed by atoms with E-state index in [0.717, 1.165) is 37.4 Å². The first-order valence-electron chi connectivity index (χ1n) is 10.3. The van der Waals surface area contributed by atoms with Crippen LogP contribution in [0.2, 0.25) is 0 Å². The molecule has 0 bridgehead atoms. The predicted octanol–water partition coefficient (Wildman–Crippen LogP) is 4.06. The zero-order valence-electron chi connectivity index (χ0n) is 16.2. The second-order valence-corrected chi connectivity index (χ2v) is 8.07. The average molecular weight is 380 g/mol. The van der Waals surface area contributed by atoms with Gasteiger partial charge in [-0.05, 0) is 68.2 Å². The van der Waals surface area contributed by atoms with Gasteiger partial charge in [-0.25, -0.2) is 9.78 Å². The van der Waals surface area contributed by atoms with E-state index in [1.165, 1.54) is 49.6 Å². The molecule has 2 fully saturated rings. The molecule has 148 valence electrons. The molecule has 0 spiro atoms. The second-order valence-electron chi connectivity index (χ2n) is 8.07. The fourth-order valence-electron chi connectivity index (χ4n) is 4.39. The highest BCUT2D eigenvalue weighted by Crippen LogP contribution is 2.51. The molecule has 1 aliphatic carbocycles. The Balaban J connectivity index is 1.14. The molecule has 5 heteroatoms. The standard InChI is InChI=1S/C23H28N2O3/c26-23(27)19-6-9-24-22(16-19)28-13-12-25-10-7-17(8-11-25)14-20-15-21(20)18-4-2-1-3-5-18/h1-6,9,16-17,20-21H,7-8,10-15H2,(H,26,27)/t20-,21+/m1/s1. The van der Waals surface area contributed by atoms with Crippen LogP contribution in [0.4, 0.5) is 0 Å². The van der Waals surface area contributed by atoms with Crippen molar-refractivity contribution in [3.8, 4) is 5.88 Å². The van der Waals surface area contributed by atoms with E-state index in [0.29, 0.717) is 12.5 Å². The number of likely N-dealkylation sites (tertiary alicyclic amines) is 1. The van der Waals surface area contributed by atoms with E-state index in [9.17, 15) is 4.79 Å². The molecule has 2 atom stereocenters. The van der Waals surface area contributed by atoms with E-state index in [-0.39, 0.29) is 5.56 Å². The predicted molar refractivity (Wildman–Crippen MR) is 108 cm³/mol. The summed E-state index contributed by atoms with van der Waals surface area (Å²) < 4.78 is 5.65. The van der Waals surface area contributed by atoms with E-state index >= 15 is 0 Å². The zero-order valence-corrected chi connectivity index (χ0v) is 16.2. The number of nitrogens with zero attached hydrogens (tertiary/aromatic N) is 2. The summed E-state index contributed by atoms with van der Waals surface area (Å²) in [5, 5.41) is 9.02. The highest BCUT2D eigenvalue weighted by Gasteiger charge is 2.39. The number of carboxylic acid groups (broad SMARTS) is 1. The van der Waals surface area contributed by atoms with Crippen molar-refractivity contribution >= 4 is 5.97 Å². The highest BCUT2D eigenvalue weighted by atomic mass is 16.5. The van der Waals surface area contributed by atoms with E-state index in [4.69, 9.17) is 9.84 Å². The summed E-state index contributed by atoms with van der Waals surface area (Å²) in [6.07, 6.45) is 6.75. The van der Waals surface area contributed by atoms with Crippen LogP contribution in [0, 0.1) is 11.8 Å². The number of piperidine rings is 1. The summed E-state index contributed by atoms with van der Waals surface area (Å²) in [4.78, 5) is 17.5. The van der Waals surface area contributed by atoms with Gasteiger partial charge in [-0.1, -0.05) is 30.3 Å². The topological polar surface area (TPSA) is 62.7 Å². The molecule has 28 heavy (non-hydrogen) atoms. The first kappa shape index (κ1) is 18.9. The number of aromatic carboxylic acids is 1. The molecule has 0 amide bonds. The third-order valence-corrected chi connectivity index (χ3v) is 6.13. The van der Waals surface area contributed by atoms with Crippen molar-refractivity contribution < 1.29 is 14.6 Å². The van der Waals surface area contributed by atoms with Crippen LogP contribution in [-0.4, -0.2) is 47.2 Å². The normalized spacial score (nSPS) is 22.7. The van der Waals surface area contributed by atoms with Gasteiger partial charge in [-0.2, -0.15) is 0 Å². The molecule has 1 aromatic carbocycles. The van der Waals surface area contributed by atoms with Crippen LogP contribution in [0.5, 0.6) is 5.88 Å². The Labute approximate surface area is 166 Å². The van der Waals surface area contributed by atoms with Crippen LogP contribution in [0.15, 0.2) is 48.7 Å². The maximum absolute atomic E-state index is 11.0. The molecule has 0 radical (unpaired) electrons. The van der Waals surface area contributed by atoms with Gasteiger partial charge in [-0.15, -0.1) is 0 Å². The molecule has 0 unspecified atom stereocenters. The van der Waals surface area contributed by atoms with E-state index < -0.39 is 5.97 Å². The minimum absolute atomic E-state index is 0.208. The third-order valence-electron chi connectivity index (χ3n) is 6.13. The quantitative estimate of drug-likeness (QED) is 0.748. The van der Waals surface area contributed by atoms with Crippen molar-refractivity contribution in [3.63, 3.8) is 0 Å². The Morgan fingerprint density at radius 3 is 2.71 bits per heavy atom. The smallest absolute Gasteiger partial charge is 0.335 e. The van der Waals surface area contributed by atoms with Crippen molar-refractivity contribution in [1.82, 2.24) is 9.88 Å². The van der Waals surface area contributed by atoms with Gasteiger partial charge < -0.3 is 9.84 Å². The van der Waals surface area contributed by atoms with Crippen LogP contribution in [-0.2, 0) is 0 Å². The molecular formula is C23H28N2O3. The molecule has 1 saturated heterocycles. The molecule has 5 nitrogen and oxygen atoms in total. The summed E-state index contributed by atoms with van der Waals surface area (Å²) in [6, 6.07) is 13.9. The van der Waals surface area contributed by atoms with Gasteiger partial charge in [0, 0.05) is 18.8 Å². The number of hydrogen-bond acceptors (Lipinski definition) is 4. The highest BCUT2D eigenvalue weighted by molar-refractivity contribution is 5.87. The Morgan fingerprint density at radius 2 is 1.96 bits per heavy atom. The lowest BCUT2D eigenvalue weighted by atomic mass is 9.90. The van der Waals surface area contributed by atoms with Gasteiger partial charge >= 0.3 is 5.97 Å². The lowest BCUT2D eigenvalue weighted by Gasteiger charge is -2.32. The monoisotopic (exact) mass is 380 g/mol. The minimum Gasteiger partial charge on any atom is -0.478 e. The first-order valence-corrected chi connectivity index (χ1v) is 10.3. The number of rotatable bonds is 8. The largest absolute Gasteiger partial charge is 0.478 e. The molecule has 2 aromatic rings. The molecule has 1 aromatic heterocycles. The summed E-state index contributed by atoms with van der Waals surface area (Å²) in [5.74, 6) is 1.95. The first-order chi connectivity index (χ1) is 13.7. The van der Waals surface area contributed by atoms with Crippen molar-refractivity contribution in [2.45, 2.75) is 31.6 Å². The van der Waals surface area contributed by atoms with Crippen molar-refractivity contribution in [2.24, 2.45) is 11.8 Å². The Kier molecular flexibility index (Phi) is 5.91. The van der Waals surface area contributed by atoms with E-state index in [1.807, 2.05) is 0 Å². The van der Waals surface area contributed by atoms with Gasteiger partial charge in [0.2, 0.25) is 5.88 Å². The Morgan fingerprint density at radius 1 is 1.18 bits per heavy atom. The zero-order chi connectivity index (χ0) is 19.3. The van der Waals surface area contributed by atoms with Crippen LogP contribution in [0.25, 0.3) is 0 Å². The lowest BCUT2D eigenvalue weighted by molar-refractivity contribution is 0.0696. The van der Waals surface area contributed by atoms with Gasteiger partial charge in [0.15, 0.2) is 0 Å². The molecular weight excluding hydrogens is 352 g/mol. The molecule has 2 aliphatic rings. The van der Waals surface area contributed by atoms with Crippen molar-refractivity contribution in [1.29, 1.82) is 0 Å². The summed E-state index contributed by atoms with van der Waals surface area (Å²) in [7, 11) is 0. The Hall–Kier alpha value is -2.40. The Bertz CT molecular complexity index is 787. The van der Waals surface area contributed by atoms with Gasteiger partial charge in [-0.3, -0.25) is 4.90 Å². The van der Waals surface area contributed by atoms with Crippen molar-refractivity contribution in [2.75, 3.05) is 26.2 Å². The van der Waals surface area contributed by atoms with Crippen LogP contribution < -0.4 is 4.74 Å². The van der Waals surface area contributed by atoms with Gasteiger partial charge in [0.05, 0.1) is 5.56 Å². The minimum atomic E-state index is -0.959. The summed E-state index contributed by atoms with van der Waals surface area (Å²) in [6.45, 7) is 3.65. The SMILES string of the molecule is O=C(O)c1ccnc(OCCN2CCC(C[C@@H]3C[C@H]3c3ccccc3)CC2)c1. The van der Waals surface area contributed by atoms with Crippen molar-refractivity contribution in [3.05, 3.63) is 59.8 Å². The number of benzene rings is 1. The van der Waals surface area contributed by atoms with Gasteiger partial charge in [0.25, 0.3) is 0 Å². The fourth-order valence-corrected chi connectivity index (χ4v) is 4.39. The number of ether oxygens (including phenoxy) is 1. The van der Waals surface area contributed by atoms with Crippen LogP contribution in [0.3, 0.4) is 0 Å². The third kappa shape index (κ3) is 4.90. The second kappa shape index (κ2) is 8.74. The maximum atomic E-state index is 11.0. The van der Waals surface area contributed by atoms with Crippen LogP contribution in [0.1, 0.15) is 47.5 Å². The number of carboxylic acids is 1. The fraction of sp³-hybridized carbons (Fsp3) is 0.478. The van der Waals surface area contributed by atoms with E-state index in [1.54, 1.807) is 0 Å². The molecule has 1 N–H and O–H groups in total. The number of pyridine rings is 1. The summed E-state index contributed by atoms with van der Waals surface area (Å²) in [5.41, 5.74) is 1.72. The molecule has 4 rings (SSSR count). The summed E-state index contributed by atoms with van der Waals surface area (Å²) >= 11 is 0. The van der Waals surface area contributed by atoms with E-state index in [2.05, 4.69) is 40.2 Å². The van der Waals surface area contributed by atoms with Crippen LogP contribution >= 0.6 is 0 Å². The maximum Gasteiger partial charge on any atom is 0.335 e. The average Bonchev–Trinajstić information content (AvgIpc) is 3.49. The molecule has 1 aliphatic heterocycles. The number of hydrogen-bond donors (Lipinski definition) is 1. The number of aromatic nitrogens is 1. The number of carbonyl (C=O) groups is 1. The van der Waals surface area contributed by atoms with Gasteiger partial charge in [0.1, 0.15) is 6.61 Å². The molecule has 1 saturated carbocycles. The molecule has 2 heterocycles.